The number of amides is 2. The monoisotopic (exact) mass is 430 g/mol. The second-order valence-electron chi connectivity index (χ2n) is 7.67. The van der Waals surface area contributed by atoms with Gasteiger partial charge in [-0.25, -0.2) is 4.79 Å². The summed E-state index contributed by atoms with van der Waals surface area (Å²) in [4.78, 5) is 40.8. The van der Waals surface area contributed by atoms with E-state index in [-0.39, 0.29) is 23.7 Å². The SMILES string of the molecule is CCOC(=O)c1c(NC(=O)C2CCN(C(=O)c3ccco3)CC2)sc2c1CCCC2. The number of esters is 1. The van der Waals surface area contributed by atoms with Crippen molar-refractivity contribution in [3.63, 3.8) is 0 Å². The maximum Gasteiger partial charge on any atom is 0.341 e. The number of hydrogen-bond donors (Lipinski definition) is 1. The van der Waals surface area contributed by atoms with Crippen molar-refractivity contribution in [1.29, 1.82) is 0 Å². The lowest BCUT2D eigenvalue weighted by Gasteiger charge is -2.30. The molecule has 8 heteroatoms. The van der Waals surface area contributed by atoms with Crippen LogP contribution in [0.4, 0.5) is 5.00 Å². The number of rotatable bonds is 5. The van der Waals surface area contributed by atoms with Gasteiger partial charge in [-0.3, -0.25) is 9.59 Å². The molecular formula is C22H26N2O5S. The fourth-order valence-electron chi connectivity index (χ4n) is 4.19. The number of nitrogens with zero attached hydrogens (tertiary/aromatic N) is 1. The maximum atomic E-state index is 12.9. The zero-order chi connectivity index (χ0) is 21.1. The first kappa shape index (κ1) is 20.7. The molecule has 0 unspecified atom stereocenters. The first-order chi connectivity index (χ1) is 14.6. The Hall–Kier alpha value is -2.61. The van der Waals surface area contributed by atoms with E-state index < -0.39 is 0 Å². The van der Waals surface area contributed by atoms with Gasteiger partial charge in [-0.15, -0.1) is 11.3 Å². The molecular weight excluding hydrogens is 404 g/mol. The number of piperidine rings is 1. The van der Waals surface area contributed by atoms with Crippen molar-refractivity contribution in [2.24, 2.45) is 5.92 Å². The fourth-order valence-corrected chi connectivity index (χ4v) is 5.47. The van der Waals surface area contributed by atoms with E-state index in [9.17, 15) is 14.4 Å². The van der Waals surface area contributed by atoms with Gasteiger partial charge >= 0.3 is 5.97 Å². The van der Waals surface area contributed by atoms with Gasteiger partial charge in [0.1, 0.15) is 5.00 Å². The third-order valence-electron chi connectivity index (χ3n) is 5.77. The highest BCUT2D eigenvalue weighted by Crippen LogP contribution is 2.39. The van der Waals surface area contributed by atoms with E-state index >= 15 is 0 Å². The average molecular weight is 431 g/mol. The van der Waals surface area contributed by atoms with Crippen LogP contribution in [0.1, 0.15) is 64.0 Å². The highest BCUT2D eigenvalue weighted by molar-refractivity contribution is 7.17. The molecule has 0 radical (unpaired) electrons. The number of ether oxygens (including phenoxy) is 1. The molecule has 2 amide bonds. The standard InChI is InChI=1S/C22H26N2O5S/c1-2-28-22(27)18-15-6-3-4-8-17(15)30-20(18)23-19(25)14-9-11-24(12-10-14)21(26)16-7-5-13-29-16/h5,7,13-14H,2-4,6,8-12H2,1H3,(H,23,25). The molecule has 2 aromatic rings. The summed E-state index contributed by atoms with van der Waals surface area (Å²) in [5, 5.41) is 3.62. The Morgan fingerprint density at radius 2 is 2.00 bits per heavy atom. The molecule has 1 fully saturated rings. The number of likely N-dealkylation sites (tertiary alicyclic amines) is 1. The van der Waals surface area contributed by atoms with Crippen LogP contribution < -0.4 is 5.32 Å². The highest BCUT2D eigenvalue weighted by atomic mass is 32.1. The number of anilines is 1. The number of fused-ring (bicyclic) bond motifs is 1. The van der Waals surface area contributed by atoms with Crippen molar-refractivity contribution in [2.75, 3.05) is 25.0 Å². The Kier molecular flexibility index (Phi) is 6.22. The zero-order valence-electron chi connectivity index (χ0n) is 17.1. The zero-order valence-corrected chi connectivity index (χ0v) is 17.9. The molecule has 3 heterocycles. The minimum Gasteiger partial charge on any atom is -0.462 e. The first-order valence-corrected chi connectivity index (χ1v) is 11.4. The van der Waals surface area contributed by atoms with Crippen molar-refractivity contribution < 1.29 is 23.5 Å². The maximum absolute atomic E-state index is 12.9. The Balaban J connectivity index is 1.43. The van der Waals surface area contributed by atoms with Crippen molar-refractivity contribution in [1.82, 2.24) is 4.90 Å². The Labute approximate surface area is 179 Å². The molecule has 4 rings (SSSR count). The molecule has 160 valence electrons. The Morgan fingerprint density at radius 3 is 2.70 bits per heavy atom. The van der Waals surface area contributed by atoms with Gasteiger partial charge in [-0.05, 0) is 63.1 Å². The second-order valence-corrected chi connectivity index (χ2v) is 8.77. The van der Waals surface area contributed by atoms with E-state index in [0.29, 0.717) is 48.9 Å². The number of nitrogens with one attached hydrogen (secondary N) is 1. The third kappa shape index (κ3) is 4.14. The van der Waals surface area contributed by atoms with Crippen molar-refractivity contribution >= 4 is 34.1 Å². The van der Waals surface area contributed by atoms with E-state index in [0.717, 1.165) is 31.2 Å². The van der Waals surface area contributed by atoms with Crippen LogP contribution in [0.25, 0.3) is 0 Å². The minimum absolute atomic E-state index is 0.0933. The summed E-state index contributed by atoms with van der Waals surface area (Å²) < 4.78 is 10.4. The second kappa shape index (κ2) is 9.04. The quantitative estimate of drug-likeness (QED) is 0.727. The van der Waals surface area contributed by atoms with E-state index in [1.165, 1.54) is 22.5 Å². The summed E-state index contributed by atoms with van der Waals surface area (Å²) in [5.74, 6) is -0.467. The molecule has 1 aliphatic heterocycles. The van der Waals surface area contributed by atoms with Crippen molar-refractivity contribution in [3.8, 4) is 0 Å². The molecule has 7 nitrogen and oxygen atoms in total. The molecule has 1 saturated heterocycles. The molecule has 0 aromatic carbocycles. The van der Waals surface area contributed by atoms with Gasteiger partial charge in [0.2, 0.25) is 5.91 Å². The van der Waals surface area contributed by atoms with Crippen LogP contribution in [-0.2, 0) is 22.4 Å². The lowest BCUT2D eigenvalue weighted by molar-refractivity contribution is -0.121. The molecule has 2 aliphatic rings. The highest BCUT2D eigenvalue weighted by Gasteiger charge is 2.31. The number of aryl methyl sites for hydroxylation is 1. The number of carbonyl (C=O) groups is 3. The van der Waals surface area contributed by atoms with E-state index in [4.69, 9.17) is 9.15 Å². The van der Waals surface area contributed by atoms with Crippen LogP contribution in [-0.4, -0.2) is 42.4 Å². The molecule has 0 saturated carbocycles. The predicted octanol–water partition coefficient (Wildman–Crippen LogP) is 3.89. The summed E-state index contributed by atoms with van der Waals surface area (Å²) in [7, 11) is 0. The topological polar surface area (TPSA) is 88.9 Å². The smallest absolute Gasteiger partial charge is 0.341 e. The molecule has 0 spiro atoms. The summed E-state index contributed by atoms with van der Waals surface area (Å²) in [6, 6.07) is 3.34. The van der Waals surface area contributed by atoms with Crippen LogP contribution in [0, 0.1) is 5.92 Å². The summed E-state index contributed by atoms with van der Waals surface area (Å²) in [5.41, 5.74) is 1.58. The van der Waals surface area contributed by atoms with Gasteiger partial charge in [-0.2, -0.15) is 0 Å². The molecule has 2 aromatic heterocycles. The number of furan rings is 1. The molecule has 1 aliphatic carbocycles. The summed E-state index contributed by atoms with van der Waals surface area (Å²) in [6.45, 7) is 3.10. The predicted molar refractivity (Wildman–Crippen MR) is 113 cm³/mol. The third-order valence-corrected chi connectivity index (χ3v) is 6.98. The first-order valence-electron chi connectivity index (χ1n) is 10.5. The molecule has 30 heavy (non-hydrogen) atoms. The van der Waals surface area contributed by atoms with Gasteiger partial charge < -0.3 is 19.4 Å². The van der Waals surface area contributed by atoms with Crippen LogP contribution in [0.2, 0.25) is 0 Å². The van der Waals surface area contributed by atoms with Crippen LogP contribution >= 0.6 is 11.3 Å². The van der Waals surface area contributed by atoms with Crippen molar-refractivity contribution in [2.45, 2.75) is 45.4 Å². The minimum atomic E-state index is -0.355. The fraction of sp³-hybridized carbons (Fsp3) is 0.500. The summed E-state index contributed by atoms with van der Waals surface area (Å²) in [6.07, 6.45) is 6.58. The van der Waals surface area contributed by atoms with E-state index in [1.807, 2.05) is 0 Å². The largest absolute Gasteiger partial charge is 0.462 e. The summed E-state index contributed by atoms with van der Waals surface area (Å²) >= 11 is 1.50. The van der Waals surface area contributed by atoms with Gasteiger partial charge in [0.25, 0.3) is 5.91 Å². The van der Waals surface area contributed by atoms with Gasteiger partial charge in [0.15, 0.2) is 5.76 Å². The Bertz CT molecular complexity index is 926. The Morgan fingerprint density at radius 1 is 1.23 bits per heavy atom. The molecule has 0 bridgehead atoms. The van der Waals surface area contributed by atoms with Gasteiger partial charge in [-0.1, -0.05) is 0 Å². The van der Waals surface area contributed by atoms with Crippen LogP contribution in [0.5, 0.6) is 0 Å². The van der Waals surface area contributed by atoms with E-state index in [1.54, 1.807) is 24.0 Å². The lowest BCUT2D eigenvalue weighted by atomic mass is 9.94. The van der Waals surface area contributed by atoms with Gasteiger partial charge in [0, 0.05) is 23.9 Å². The normalized spacial score (nSPS) is 16.8. The average Bonchev–Trinajstić information content (AvgIpc) is 3.41. The van der Waals surface area contributed by atoms with Gasteiger partial charge in [0.05, 0.1) is 18.4 Å². The van der Waals surface area contributed by atoms with Crippen LogP contribution in [0.15, 0.2) is 22.8 Å². The number of carbonyl (C=O) groups excluding carboxylic acids is 3. The van der Waals surface area contributed by atoms with Crippen molar-refractivity contribution in [3.05, 3.63) is 40.2 Å². The van der Waals surface area contributed by atoms with E-state index in [2.05, 4.69) is 5.32 Å². The molecule has 0 atom stereocenters. The molecule has 1 N–H and O–H groups in total. The number of hydrogen-bond acceptors (Lipinski definition) is 6. The number of thiophene rings is 1. The van der Waals surface area contributed by atoms with Crippen LogP contribution in [0.3, 0.4) is 0 Å². The lowest BCUT2D eigenvalue weighted by Crippen LogP contribution is -2.41.